The van der Waals surface area contributed by atoms with E-state index in [9.17, 15) is 33.6 Å². The number of esters is 1. The van der Waals surface area contributed by atoms with Crippen LogP contribution in [0.2, 0.25) is 0 Å². The molecule has 1 rings (SSSR count). The van der Waals surface area contributed by atoms with Crippen LogP contribution in [0.1, 0.15) is 45.6 Å². The molecular weight excluding hydrogens is 514 g/mol. The van der Waals surface area contributed by atoms with Crippen LogP contribution in [0.25, 0.3) is 0 Å². The van der Waals surface area contributed by atoms with Gasteiger partial charge in [-0.3, -0.25) is 24.0 Å². The van der Waals surface area contributed by atoms with Gasteiger partial charge in [0.15, 0.2) is 6.10 Å². The fraction of sp³-hybridized carbons (Fsp3) is 0.480. The number of hydrogen-bond acceptors (Lipinski definition) is 8. The van der Waals surface area contributed by atoms with Gasteiger partial charge in [-0.05, 0) is 38.0 Å². The Balaban J connectivity index is 2.14. The largest absolute Gasteiger partial charge is 0.479 e. The van der Waals surface area contributed by atoms with Crippen molar-refractivity contribution in [1.82, 2.24) is 21.3 Å². The van der Waals surface area contributed by atoms with Crippen molar-refractivity contribution in [2.45, 2.75) is 58.6 Å². The molecule has 0 heterocycles. The maximum atomic E-state index is 12.0. The van der Waals surface area contributed by atoms with Gasteiger partial charge in [0.1, 0.15) is 6.04 Å². The fourth-order valence-electron chi connectivity index (χ4n) is 2.98. The number of carbonyl (C=O) groups is 7. The van der Waals surface area contributed by atoms with Crippen LogP contribution in [0.5, 0.6) is 0 Å². The molecule has 0 aliphatic rings. The predicted octanol–water partition coefficient (Wildman–Crippen LogP) is -0.773. The number of carboxylic acids is 1. The molecule has 0 aliphatic carbocycles. The Hall–Kier alpha value is -4.49. The van der Waals surface area contributed by atoms with E-state index in [4.69, 9.17) is 5.11 Å². The molecule has 0 radical (unpaired) electrons. The first kappa shape index (κ1) is 32.5. The zero-order valence-corrected chi connectivity index (χ0v) is 22.1. The second-order valence-electron chi connectivity index (χ2n) is 8.59. The molecule has 0 saturated carbocycles. The first-order chi connectivity index (χ1) is 18.4. The van der Waals surface area contributed by atoms with Crippen molar-refractivity contribution in [3.8, 4) is 0 Å². The lowest BCUT2D eigenvalue weighted by molar-refractivity contribution is -0.164. The van der Waals surface area contributed by atoms with Crippen LogP contribution < -0.4 is 26.6 Å². The molecule has 0 saturated heterocycles. The lowest BCUT2D eigenvalue weighted by Crippen LogP contribution is -2.45. The average molecular weight is 550 g/mol. The number of hydrogen-bond donors (Lipinski definition) is 6. The van der Waals surface area contributed by atoms with E-state index >= 15 is 0 Å². The molecule has 0 spiro atoms. The van der Waals surface area contributed by atoms with Crippen molar-refractivity contribution in [3.05, 3.63) is 29.8 Å². The van der Waals surface area contributed by atoms with Crippen molar-refractivity contribution < 1.29 is 43.4 Å². The number of carbonyl (C=O) groups excluding carboxylic acids is 6. The molecule has 5 amide bonds. The SMILES string of the molecule is CC(=O)Nc1ccc(CC(=O)NCCCC(=O)NCCC(=O)NCC(=O)N[C@H](C)C(=O)O[C@H](C)C(=O)O)cc1. The number of nitrogens with one attached hydrogen (secondary N) is 5. The van der Waals surface area contributed by atoms with Crippen molar-refractivity contribution in [2.75, 3.05) is 25.0 Å². The molecule has 0 aliphatic heterocycles. The molecule has 1 aromatic carbocycles. The Labute approximate surface area is 225 Å². The Morgan fingerprint density at radius 3 is 2.05 bits per heavy atom. The third-order valence-corrected chi connectivity index (χ3v) is 5.03. The van der Waals surface area contributed by atoms with Gasteiger partial charge in [0.05, 0.1) is 13.0 Å². The van der Waals surface area contributed by atoms with Gasteiger partial charge < -0.3 is 36.4 Å². The smallest absolute Gasteiger partial charge is 0.344 e. The maximum absolute atomic E-state index is 12.0. The van der Waals surface area contributed by atoms with Crippen molar-refractivity contribution >= 4 is 47.2 Å². The molecule has 0 fully saturated rings. The number of carboxylic acid groups (broad SMARTS) is 1. The van der Waals surface area contributed by atoms with Crippen molar-refractivity contribution in [3.63, 3.8) is 0 Å². The maximum Gasteiger partial charge on any atom is 0.344 e. The van der Waals surface area contributed by atoms with Gasteiger partial charge in [0.2, 0.25) is 29.5 Å². The Bertz CT molecular complexity index is 1040. The summed E-state index contributed by atoms with van der Waals surface area (Å²) in [7, 11) is 0. The number of aliphatic carboxylic acids is 1. The third kappa shape index (κ3) is 14.7. The predicted molar refractivity (Wildman–Crippen MR) is 138 cm³/mol. The fourth-order valence-corrected chi connectivity index (χ4v) is 2.98. The van der Waals surface area contributed by atoms with Gasteiger partial charge >= 0.3 is 11.9 Å². The van der Waals surface area contributed by atoms with Gasteiger partial charge in [0, 0.05) is 38.5 Å². The lowest BCUT2D eigenvalue weighted by Gasteiger charge is -2.15. The molecule has 0 aromatic heterocycles. The summed E-state index contributed by atoms with van der Waals surface area (Å²) in [4.78, 5) is 81.1. The molecule has 2 atom stereocenters. The van der Waals surface area contributed by atoms with E-state index in [-0.39, 0.29) is 43.5 Å². The minimum atomic E-state index is -1.36. The van der Waals surface area contributed by atoms with Gasteiger partial charge in [-0.2, -0.15) is 0 Å². The average Bonchev–Trinajstić information content (AvgIpc) is 2.86. The topological polar surface area (TPSA) is 209 Å². The monoisotopic (exact) mass is 549 g/mol. The highest BCUT2D eigenvalue weighted by Crippen LogP contribution is 2.10. The van der Waals surface area contributed by atoms with Crippen LogP contribution in [-0.2, 0) is 44.7 Å². The highest BCUT2D eigenvalue weighted by atomic mass is 16.6. The first-order valence-corrected chi connectivity index (χ1v) is 12.3. The molecule has 14 nitrogen and oxygen atoms in total. The van der Waals surface area contributed by atoms with E-state index < -0.39 is 42.4 Å². The summed E-state index contributed by atoms with van der Waals surface area (Å²) in [6.07, 6.45) is -0.740. The number of anilines is 1. The quantitative estimate of drug-likeness (QED) is 0.113. The lowest BCUT2D eigenvalue weighted by atomic mass is 10.1. The van der Waals surface area contributed by atoms with Crippen LogP contribution in [0.15, 0.2) is 24.3 Å². The summed E-state index contributed by atoms with van der Waals surface area (Å²) in [6, 6.07) is 5.78. The van der Waals surface area contributed by atoms with Crippen LogP contribution in [0.3, 0.4) is 0 Å². The zero-order chi connectivity index (χ0) is 29.4. The number of rotatable bonds is 16. The van der Waals surface area contributed by atoms with Gasteiger partial charge in [-0.15, -0.1) is 0 Å². The molecule has 6 N–H and O–H groups in total. The zero-order valence-electron chi connectivity index (χ0n) is 22.1. The summed E-state index contributed by atoms with van der Waals surface area (Å²) < 4.78 is 4.65. The number of benzene rings is 1. The highest BCUT2D eigenvalue weighted by molar-refractivity contribution is 5.89. The van der Waals surface area contributed by atoms with Crippen LogP contribution in [0, 0.1) is 0 Å². The molecule has 39 heavy (non-hydrogen) atoms. The summed E-state index contributed by atoms with van der Waals surface area (Å²) in [6.45, 7) is 3.82. The molecule has 0 unspecified atom stereocenters. The van der Waals surface area contributed by atoms with Gasteiger partial charge in [0.25, 0.3) is 0 Å². The Morgan fingerprint density at radius 2 is 1.44 bits per heavy atom. The van der Waals surface area contributed by atoms with Crippen molar-refractivity contribution in [1.29, 1.82) is 0 Å². The minimum Gasteiger partial charge on any atom is -0.479 e. The van der Waals surface area contributed by atoms with E-state index in [1.54, 1.807) is 24.3 Å². The van der Waals surface area contributed by atoms with E-state index in [0.29, 0.717) is 18.7 Å². The summed E-state index contributed by atoms with van der Waals surface area (Å²) in [5.41, 5.74) is 1.41. The third-order valence-electron chi connectivity index (χ3n) is 5.03. The highest BCUT2D eigenvalue weighted by Gasteiger charge is 2.22. The normalized spacial score (nSPS) is 11.8. The first-order valence-electron chi connectivity index (χ1n) is 12.3. The van der Waals surface area contributed by atoms with Crippen LogP contribution in [0.4, 0.5) is 5.69 Å². The Morgan fingerprint density at radius 1 is 0.821 bits per heavy atom. The minimum absolute atomic E-state index is 0.0446. The van der Waals surface area contributed by atoms with Gasteiger partial charge in [-0.25, -0.2) is 9.59 Å². The second kappa shape index (κ2) is 17.1. The van der Waals surface area contributed by atoms with E-state index in [2.05, 4.69) is 31.3 Å². The molecular formula is C25H35N5O9. The van der Waals surface area contributed by atoms with E-state index in [1.807, 2.05) is 0 Å². The van der Waals surface area contributed by atoms with Gasteiger partial charge in [-0.1, -0.05) is 12.1 Å². The standard InChI is InChI=1S/C25H35N5O9/c1-15(25(38)39-16(2)24(36)37)29-23(35)14-28-21(33)10-12-27-20(32)5-4-11-26-22(34)13-18-6-8-19(9-7-18)30-17(3)31/h6-9,15-16H,4-5,10-14H2,1-3H3,(H,26,34)(H,27,32)(H,28,33)(H,29,35)(H,30,31)(H,36,37)/t15-,16-/m1/s1. The van der Waals surface area contributed by atoms with E-state index in [1.165, 1.54) is 20.8 Å². The van der Waals surface area contributed by atoms with Crippen LogP contribution in [-0.4, -0.2) is 78.4 Å². The molecule has 14 heteroatoms. The molecule has 1 aromatic rings. The molecule has 214 valence electrons. The number of amides is 5. The second-order valence-corrected chi connectivity index (χ2v) is 8.59. The summed E-state index contributed by atoms with van der Waals surface area (Å²) in [5, 5.41) is 21.3. The van der Waals surface area contributed by atoms with Crippen molar-refractivity contribution in [2.24, 2.45) is 0 Å². The summed E-state index contributed by atoms with van der Waals surface area (Å²) in [5.74, 6) is -4.12. The summed E-state index contributed by atoms with van der Waals surface area (Å²) >= 11 is 0. The Kier molecular flexibility index (Phi) is 14.3. The number of ether oxygens (including phenoxy) is 1. The molecule has 0 bridgehead atoms. The van der Waals surface area contributed by atoms with Crippen LogP contribution >= 0.6 is 0 Å². The van der Waals surface area contributed by atoms with E-state index in [0.717, 1.165) is 5.56 Å².